The minimum absolute atomic E-state index is 0. The van der Waals surface area contributed by atoms with E-state index in [1.165, 1.54) is 16.7 Å². The lowest BCUT2D eigenvalue weighted by Crippen LogP contribution is -2.38. The topological polar surface area (TPSA) is 12.5 Å². The van der Waals surface area contributed by atoms with Crippen molar-refractivity contribution in [2.75, 3.05) is 13.7 Å². The molecule has 0 saturated carbocycles. The van der Waals surface area contributed by atoms with Crippen LogP contribution in [0.25, 0.3) is 0 Å². The molecule has 0 spiro atoms. The van der Waals surface area contributed by atoms with Crippen molar-refractivity contribution < 1.29 is 4.74 Å². The summed E-state index contributed by atoms with van der Waals surface area (Å²) in [6.45, 7) is 12.4. The highest BCUT2D eigenvalue weighted by Gasteiger charge is 2.21. The first-order chi connectivity index (χ1) is 11.9. The minimum Gasteiger partial charge on any atom is -0.496 e. The van der Waals surface area contributed by atoms with E-state index in [4.69, 9.17) is 4.74 Å². The number of hydrogen-bond donors (Lipinski definition) is 0. The monoisotopic (exact) mass is 419 g/mol. The third-order valence-corrected chi connectivity index (χ3v) is 4.97. The third-order valence-electron chi connectivity index (χ3n) is 4.97. The highest BCUT2D eigenvalue weighted by Crippen LogP contribution is 2.35. The highest BCUT2D eigenvalue weighted by atomic mass is 79.9. The maximum absolute atomic E-state index is 5.69. The van der Waals surface area contributed by atoms with Crippen LogP contribution in [-0.2, 0) is 0 Å². The summed E-state index contributed by atoms with van der Waals surface area (Å²) in [5.41, 5.74) is 3.93. The van der Waals surface area contributed by atoms with Gasteiger partial charge in [0.2, 0.25) is 0 Å². The number of aryl methyl sites for hydroxylation is 1. The first-order valence-corrected chi connectivity index (χ1v) is 9.39. The van der Waals surface area contributed by atoms with Gasteiger partial charge < -0.3 is 4.74 Å². The summed E-state index contributed by atoms with van der Waals surface area (Å²) in [4.78, 5) is 2.57. The van der Waals surface area contributed by atoms with Crippen molar-refractivity contribution in [3.05, 3.63) is 65.2 Å². The molecular formula is C23H34BrNO. The fourth-order valence-corrected chi connectivity index (χ4v) is 3.70. The van der Waals surface area contributed by atoms with Crippen molar-refractivity contribution in [2.45, 2.75) is 59.0 Å². The molecule has 1 unspecified atom stereocenters. The van der Waals surface area contributed by atoms with Crippen molar-refractivity contribution >= 4 is 17.0 Å². The van der Waals surface area contributed by atoms with E-state index in [1.54, 1.807) is 7.11 Å². The van der Waals surface area contributed by atoms with Crippen LogP contribution in [0.3, 0.4) is 0 Å². The number of benzene rings is 2. The first-order valence-electron chi connectivity index (χ1n) is 9.39. The normalized spacial score (nSPS) is 12.3. The molecule has 0 radical (unpaired) electrons. The van der Waals surface area contributed by atoms with Crippen molar-refractivity contribution in [3.63, 3.8) is 0 Å². The predicted octanol–water partition coefficient (Wildman–Crippen LogP) is 6.22. The SMILES string of the molecule is Br.COc1ccc(C)cc1C(CCN(C(C)C)C(C)C)c1ccccc1. The summed E-state index contributed by atoms with van der Waals surface area (Å²) in [5, 5.41) is 0. The zero-order valence-corrected chi connectivity index (χ0v) is 18.7. The van der Waals surface area contributed by atoms with Crippen LogP contribution in [0.1, 0.15) is 56.7 Å². The Morgan fingerprint density at radius 2 is 1.54 bits per heavy atom. The summed E-state index contributed by atoms with van der Waals surface area (Å²) < 4.78 is 5.69. The smallest absolute Gasteiger partial charge is 0.122 e. The lowest BCUT2D eigenvalue weighted by molar-refractivity contribution is 0.170. The molecular weight excluding hydrogens is 386 g/mol. The minimum atomic E-state index is 0. The number of methoxy groups -OCH3 is 1. The fourth-order valence-electron chi connectivity index (χ4n) is 3.70. The lowest BCUT2D eigenvalue weighted by Gasteiger charge is -2.32. The number of rotatable bonds is 8. The van der Waals surface area contributed by atoms with E-state index < -0.39 is 0 Å². The Morgan fingerprint density at radius 3 is 2.08 bits per heavy atom. The quantitative estimate of drug-likeness (QED) is 0.503. The molecule has 0 amide bonds. The van der Waals surface area contributed by atoms with E-state index in [1.807, 2.05) is 0 Å². The summed E-state index contributed by atoms with van der Waals surface area (Å²) in [7, 11) is 1.77. The fraction of sp³-hybridized carbons (Fsp3) is 0.478. The van der Waals surface area contributed by atoms with E-state index in [2.05, 4.69) is 88.0 Å². The van der Waals surface area contributed by atoms with Gasteiger partial charge in [-0.3, -0.25) is 4.90 Å². The lowest BCUT2D eigenvalue weighted by atomic mass is 9.86. The van der Waals surface area contributed by atoms with Gasteiger partial charge in [-0.25, -0.2) is 0 Å². The second-order valence-corrected chi connectivity index (χ2v) is 7.42. The second-order valence-electron chi connectivity index (χ2n) is 7.42. The zero-order valence-electron chi connectivity index (χ0n) is 17.0. The van der Waals surface area contributed by atoms with Crippen molar-refractivity contribution in [3.8, 4) is 5.75 Å². The summed E-state index contributed by atoms with van der Waals surface area (Å²) >= 11 is 0. The Hall–Kier alpha value is -1.32. The average molecular weight is 420 g/mol. The van der Waals surface area contributed by atoms with Gasteiger partial charge in [-0.2, -0.15) is 0 Å². The Bertz CT molecular complexity index is 647. The molecule has 0 bridgehead atoms. The summed E-state index contributed by atoms with van der Waals surface area (Å²) in [6.07, 6.45) is 1.08. The van der Waals surface area contributed by atoms with Gasteiger partial charge in [-0.05, 0) is 59.2 Å². The zero-order chi connectivity index (χ0) is 18.4. The molecule has 0 aliphatic heterocycles. The van der Waals surface area contributed by atoms with Crippen molar-refractivity contribution in [1.29, 1.82) is 0 Å². The van der Waals surface area contributed by atoms with Gasteiger partial charge >= 0.3 is 0 Å². The van der Waals surface area contributed by atoms with Gasteiger partial charge in [-0.1, -0.05) is 48.0 Å². The Labute approximate surface area is 170 Å². The third kappa shape index (κ3) is 5.85. The Morgan fingerprint density at radius 1 is 0.923 bits per heavy atom. The molecule has 0 aromatic heterocycles. The van der Waals surface area contributed by atoms with Gasteiger partial charge in [0.05, 0.1) is 7.11 Å². The van der Waals surface area contributed by atoms with E-state index in [0.717, 1.165) is 18.7 Å². The van der Waals surface area contributed by atoms with Gasteiger partial charge in [-0.15, -0.1) is 17.0 Å². The van der Waals surface area contributed by atoms with Gasteiger partial charge in [0, 0.05) is 23.6 Å². The molecule has 0 aliphatic carbocycles. The largest absolute Gasteiger partial charge is 0.496 e. The van der Waals surface area contributed by atoms with Crippen LogP contribution in [-0.4, -0.2) is 30.6 Å². The van der Waals surface area contributed by atoms with Crippen molar-refractivity contribution in [2.24, 2.45) is 0 Å². The molecule has 0 saturated heterocycles. The molecule has 0 aliphatic rings. The van der Waals surface area contributed by atoms with E-state index >= 15 is 0 Å². The van der Waals surface area contributed by atoms with Crippen LogP contribution in [0.2, 0.25) is 0 Å². The maximum Gasteiger partial charge on any atom is 0.122 e. The molecule has 2 aromatic rings. The molecule has 26 heavy (non-hydrogen) atoms. The molecule has 0 fully saturated rings. The van der Waals surface area contributed by atoms with E-state index in [9.17, 15) is 0 Å². The van der Waals surface area contributed by atoms with Crippen LogP contribution in [0, 0.1) is 6.92 Å². The standard InChI is InChI=1S/C23H33NO.BrH/c1-17(2)24(18(3)4)15-14-21(20-10-8-7-9-11-20)22-16-19(5)12-13-23(22)25-6;/h7-13,16-18,21H,14-15H2,1-6H3;1H. The van der Waals surface area contributed by atoms with Crippen LogP contribution in [0.5, 0.6) is 5.75 Å². The maximum atomic E-state index is 5.69. The average Bonchev–Trinajstić information content (AvgIpc) is 2.59. The van der Waals surface area contributed by atoms with Crippen LogP contribution in [0.15, 0.2) is 48.5 Å². The number of hydrogen-bond acceptors (Lipinski definition) is 2. The first kappa shape index (κ1) is 22.7. The van der Waals surface area contributed by atoms with Crippen LogP contribution in [0.4, 0.5) is 0 Å². The Kier molecular flexibility index (Phi) is 9.38. The van der Waals surface area contributed by atoms with Crippen LogP contribution < -0.4 is 4.74 Å². The van der Waals surface area contributed by atoms with Gasteiger partial charge in [0.25, 0.3) is 0 Å². The summed E-state index contributed by atoms with van der Waals surface area (Å²) in [5.74, 6) is 1.33. The Balaban J connectivity index is 0.00000338. The number of ether oxygens (including phenoxy) is 1. The van der Waals surface area contributed by atoms with Gasteiger partial charge in [0.15, 0.2) is 0 Å². The molecule has 2 nitrogen and oxygen atoms in total. The van der Waals surface area contributed by atoms with E-state index in [-0.39, 0.29) is 17.0 Å². The summed E-state index contributed by atoms with van der Waals surface area (Å²) in [6, 6.07) is 18.4. The second kappa shape index (κ2) is 10.7. The van der Waals surface area contributed by atoms with Crippen molar-refractivity contribution in [1.82, 2.24) is 4.90 Å². The number of halogens is 1. The highest BCUT2D eigenvalue weighted by molar-refractivity contribution is 8.93. The molecule has 144 valence electrons. The molecule has 2 aromatic carbocycles. The van der Waals surface area contributed by atoms with Gasteiger partial charge in [0.1, 0.15) is 5.75 Å². The molecule has 0 N–H and O–H groups in total. The molecule has 1 atom stereocenters. The molecule has 0 heterocycles. The van der Waals surface area contributed by atoms with E-state index in [0.29, 0.717) is 18.0 Å². The number of nitrogens with zero attached hydrogens (tertiary/aromatic N) is 1. The predicted molar refractivity (Wildman–Crippen MR) is 118 cm³/mol. The molecule has 3 heteroatoms. The van der Waals surface area contributed by atoms with Crippen LogP contribution >= 0.6 is 17.0 Å². The molecule has 2 rings (SSSR count).